The third-order valence-electron chi connectivity index (χ3n) is 3.62. The molecule has 0 radical (unpaired) electrons. The predicted octanol–water partition coefficient (Wildman–Crippen LogP) is -0.750. The van der Waals surface area contributed by atoms with Crippen LogP contribution in [0.3, 0.4) is 0 Å². The highest BCUT2D eigenvalue weighted by Crippen LogP contribution is 2.18. The molecule has 6 heteroatoms. The van der Waals surface area contributed by atoms with Crippen LogP contribution in [0.1, 0.15) is 26.2 Å². The van der Waals surface area contributed by atoms with E-state index in [1.807, 2.05) is 0 Å². The quantitative estimate of drug-likeness (QED) is 0.635. The summed E-state index contributed by atoms with van der Waals surface area (Å²) in [6.45, 7) is 3.04. The van der Waals surface area contributed by atoms with E-state index in [2.05, 4.69) is 17.6 Å². The minimum absolute atomic E-state index is 0.00826. The molecule has 0 saturated carbocycles. The molecular formula is C12H19N3O3. The van der Waals surface area contributed by atoms with Crippen molar-refractivity contribution in [2.24, 2.45) is 5.92 Å². The molecule has 100 valence electrons. The third kappa shape index (κ3) is 3.07. The Bertz CT molecular complexity index is 354. The maximum Gasteiger partial charge on any atom is 0.246 e. The zero-order valence-electron chi connectivity index (χ0n) is 10.6. The Hall–Kier alpha value is -1.43. The smallest absolute Gasteiger partial charge is 0.246 e. The Morgan fingerprint density at radius 1 is 1.33 bits per heavy atom. The highest BCUT2D eigenvalue weighted by atomic mass is 16.2. The zero-order valence-corrected chi connectivity index (χ0v) is 10.6. The molecule has 2 atom stereocenters. The number of piperazine rings is 1. The average molecular weight is 253 g/mol. The average Bonchev–Trinajstić information content (AvgIpc) is 2.31. The van der Waals surface area contributed by atoms with E-state index in [9.17, 15) is 14.4 Å². The van der Waals surface area contributed by atoms with Crippen LogP contribution in [0.15, 0.2) is 0 Å². The van der Waals surface area contributed by atoms with Crippen molar-refractivity contribution in [1.29, 1.82) is 0 Å². The number of amides is 3. The van der Waals surface area contributed by atoms with Gasteiger partial charge in [0.2, 0.25) is 17.7 Å². The van der Waals surface area contributed by atoms with Crippen LogP contribution in [0.4, 0.5) is 0 Å². The van der Waals surface area contributed by atoms with E-state index in [1.165, 1.54) is 4.90 Å². The van der Waals surface area contributed by atoms with E-state index < -0.39 is 11.8 Å². The minimum Gasteiger partial charge on any atom is -0.324 e. The predicted molar refractivity (Wildman–Crippen MR) is 64.5 cm³/mol. The molecule has 2 rings (SSSR count). The molecule has 3 amide bonds. The number of carbonyl (C=O) groups is 3. The molecule has 18 heavy (non-hydrogen) atoms. The van der Waals surface area contributed by atoms with Crippen LogP contribution in [-0.2, 0) is 14.4 Å². The molecule has 0 aromatic rings. The van der Waals surface area contributed by atoms with Crippen molar-refractivity contribution in [2.75, 3.05) is 19.6 Å². The highest BCUT2D eigenvalue weighted by Gasteiger charge is 2.30. The summed E-state index contributed by atoms with van der Waals surface area (Å²) in [5.41, 5.74) is 0. The van der Waals surface area contributed by atoms with Crippen LogP contribution in [0.25, 0.3) is 0 Å². The standard InChI is InChI=1S/C12H19N3O3/c1-8-3-2-4-13-9(8)5-12(18)15-6-10(16)14-11(17)7-15/h8-9,13H,2-7H2,1H3,(H,14,16,17). The van der Waals surface area contributed by atoms with Crippen molar-refractivity contribution < 1.29 is 14.4 Å². The minimum atomic E-state index is -0.399. The lowest BCUT2D eigenvalue weighted by Crippen LogP contribution is -2.54. The molecule has 0 bridgehead atoms. The molecule has 2 unspecified atom stereocenters. The molecular weight excluding hydrogens is 234 g/mol. The number of hydrogen-bond acceptors (Lipinski definition) is 4. The fraction of sp³-hybridized carbons (Fsp3) is 0.750. The summed E-state index contributed by atoms with van der Waals surface area (Å²) in [6.07, 6.45) is 2.61. The van der Waals surface area contributed by atoms with Gasteiger partial charge in [-0.3, -0.25) is 19.7 Å². The molecule has 2 heterocycles. The van der Waals surface area contributed by atoms with Crippen LogP contribution < -0.4 is 10.6 Å². The van der Waals surface area contributed by atoms with E-state index in [4.69, 9.17) is 0 Å². The molecule has 0 spiro atoms. The number of rotatable bonds is 2. The molecule has 2 N–H and O–H groups in total. The second-order valence-corrected chi connectivity index (χ2v) is 5.11. The van der Waals surface area contributed by atoms with Crippen molar-refractivity contribution in [3.8, 4) is 0 Å². The van der Waals surface area contributed by atoms with Crippen molar-refractivity contribution >= 4 is 17.7 Å². The van der Waals surface area contributed by atoms with Gasteiger partial charge in [0.25, 0.3) is 0 Å². The monoisotopic (exact) mass is 253 g/mol. The first kappa shape index (κ1) is 13.0. The first-order valence-electron chi connectivity index (χ1n) is 6.40. The first-order valence-corrected chi connectivity index (χ1v) is 6.40. The summed E-state index contributed by atoms with van der Waals surface area (Å²) in [5.74, 6) is -0.463. The van der Waals surface area contributed by atoms with E-state index in [0.717, 1.165) is 19.4 Å². The number of nitrogens with zero attached hydrogens (tertiary/aromatic N) is 1. The molecule has 6 nitrogen and oxygen atoms in total. The Kier molecular flexibility index (Phi) is 3.96. The van der Waals surface area contributed by atoms with Gasteiger partial charge in [0, 0.05) is 12.5 Å². The Labute approximate surface area is 106 Å². The van der Waals surface area contributed by atoms with Gasteiger partial charge in [0.1, 0.15) is 13.1 Å². The zero-order chi connectivity index (χ0) is 13.1. The topological polar surface area (TPSA) is 78.5 Å². The van der Waals surface area contributed by atoms with Crippen molar-refractivity contribution in [3.05, 3.63) is 0 Å². The fourth-order valence-electron chi connectivity index (χ4n) is 2.52. The molecule has 0 aromatic carbocycles. The van der Waals surface area contributed by atoms with E-state index >= 15 is 0 Å². The Morgan fingerprint density at radius 3 is 2.61 bits per heavy atom. The van der Waals surface area contributed by atoms with Crippen molar-refractivity contribution in [1.82, 2.24) is 15.5 Å². The van der Waals surface area contributed by atoms with Crippen LogP contribution in [0, 0.1) is 5.92 Å². The molecule has 0 aliphatic carbocycles. The number of imide groups is 1. The van der Waals surface area contributed by atoms with Gasteiger partial charge in [0.05, 0.1) is 0 Å². The lowest BCUT2D eigenvalue weighted by Gasteiger charge is -2.32. The third-order valence-corrected chi connectivity index (χ3v) is 3.62. The Morgan fingerprint density at radius 2 is 2.00 bits per heavy atom. The lowest BCUT2D eigenvalue weighted by atomic mass is 9.90. The second kappa shape index (κ2) is 5.48. The van der Waals surface area contributed by atoms with Crippen LogP contribution >= 0.6 is 0 Å². The van der Waals surface area contributed by atoms with Gasteiger partial charge < -0.3 is 10.2 Å². The van der Waals surface area contributed by atoms with Gasteiger partial charge in [-0.2, -0.15) is 0 Å². The van der Waals surface area contributed by atoms with Gasteiger partial charge >= 0.3 is 0 Å². The fourth-order valence-corrected chi connectivity index (χ4v) is 2.52. The second-order valence-electron chi connectivity index (χ2n) is 5.11. The summed E-state index contributed by atoms with van der Waals surface area (Å²) >= 11 is 0. The summed E-state index contributed by atoms with van der Waals surface area (Å²) in [5, 5.41) is 5.52. The van der Waals surface area contributed by atoms with E-state index in [0.29, 0.717) is 12.3 Å². The normalized spacial score (nSPS) is 29.1. The van der Waals surface area contributed by atoms with Gasteiger partial charge in [-0.25, -0.2) is 0 Å². The first-order chi connectivity index (χ1) is 8.56. The molecule has 2 fully saturated rings. The van der Waals surface area contributed by atoms with Gasteiger partial charge in [0.15, 0.2) is 0 Å². The number of piperidine rings is 1. The molecule has 2 aliphatic rings. The van der Waals surface area contributed by atoms with Gasteiger partial charge in [-0.05, 0) is 25.3 Å². The lowest BCUT2D eigenvalue weighted by molar-refractivity contribution is -0.145. The summed E-state index contributed by atoms with van der Waals surface area (Å²) in [6, 6.07) is 0.159. The number of hydrogen-bond donors (Lipinski definition) is 2. The van der Waals surface area contributed by atoms with Crippen molar-refractivity contribution in [2.45, 2.75) is 32.2 Å². The Balaban J connectivity index is 1.90. The number of carbonyl (C=O) groups excluding carboxylic acids is 3. The molecule has 2 aliphatic heterocycles. The SMILES string of the molecule is CC1CCCNC1CC(=O)N1CC(=O)NC(=O)C1. The van der Waals surface area contributed by atoms with Crippen molar-refractivity contribution in [3.63, 3.8) is 0 Å². The number of nitrogens with one attached hydrogen (secondary N) is 2. The maximum absolute atomic E-state index is 12.1. The largest absolute Gasteiger partial charge is 0.324 e. The van der Waals surface area contributed by atoms with E-state index in [-0.39, 0.29) is 25.0 Å². The highest BCUT2D eigenvalue weighted by molar-refractivity contribution is 6.02. The van der Waals surface area contributed by atoms with Gasteiger partial charge in [-0.1, -0.05) is 6.92 Å². The van der Waals surface area contributed by atoms with Crippen LogP contribution in [0.2, 0.25) is 0 Å². The molecule has 2 saturated heterocycles. The summed E-state index contributed by atoms with van der Waals surface area (Å²) in [7, 11) is 0. The summed E-state index contributed by atoms with van der Waals surface area (Å²) in [4.78, 5) is 35.8. The van der Waals surface area contributed by atoms with Gasteiger partial charge in [-0.15, -0.1) is 0 Å². The summed E-state index contributed by atoms with van der Waals surface area (Å²) < 4.78 is 0. The van der Waals surface area contributed by atoms with Crippen LogP contribution in [0.5, 0.6) is 0 Å². The van der Waals surface area contributed by atoms with Crippen LogP contribution in [-0.4, -0.2) is 48.3 Å². The maximum atomic E-state index is 12.1. The molecule has 0 aromatic heterocycles. The van der Waals surface area contributed by atoms with E-state index in [1.54, 1.807) is 0 Å².